The van der Waals surface area contributed by atoms with Gasteiger partial charge in [0.1, 0.15) is 6.33 Å². The molecule has 0 aliphatic carbocycles. The summed E-state index contributed by atoms with van der Waals surface area (Å²) in [6.07, 6.45) is 3.03. The molecule has 0 amide bonds. The molecule has 0 N–H and O–H groups in total. The van der Waals surface area contributed by atoms with E-state index in [0.29, 0.717) is 0 Å². The van der Waals surface area contributed by atoms with Crippen LogP contribution in [0.25, 0.3) is 10.9 Å². The Morgan fingerprint density at radius 3 is 3.14 bits per heavy atom. The van der Waals surface area contributed by atoms with Gasteiger partial charge in [-0.1, -0.05) is 0 Å². The van der Waals surface area contributed by atoms with Crippen molar-refractivity contribution < 1.29 is 9.47 Å². The van der Waals surface area contributed by atoms with E-state index in [-0.39, 0.29) is 6.29 Å². The summed E-state index contributed by atoms with van der Waals surface area (Å²) in [5.41, 5.74) is 0.872. The summed E-state index contributed by atoms with van der Waals surface area (Å²) >= 11 is 0. The molecule has 14 heavy (non-hydrogen) atoms. The van der Waals surface area contributed by atoms with Crippen LogP contribution in [0.2, 0.25) is 0 Å². The van der Waals surface area contributed by atoms with Crippen LogP contribution in [0.3, 0.4) is 0 Å². The Morgan fingerprint density at radius 2 is 2.21 bits per heavy atom. The summed E-state index contributed by atoms with van der Waals surface area (Å²) in [5.74, 6) is 1.51. The monoisotopic (exact) mass is 188 g/mol. The van der Waals surface area contributed by atoms with Crippen molar-refractivity contribution in [1.82, 2.24) is 9.97 Å². The fraction of sp³-hybridized carbons (Fsp3) is 0.200. The molecule has 1 aromatic heterocycles. The molecule has 0 saturated heterocycles. The second kappa shape index (κ2) is 2.57. The van der Waals surface area contributed by atoms with Gasteiger partial charge in [-0.2, -0.15) is 0 Å². The SMILES string of the molecule is CC1Oc2ccc3ncncc3c2O1. The predicted octanol–water partition coefficient (Wildman–Crippen LogP) is 1.75. The molecule has 0 fully saturated rings. The molecule has 2 heterocycles. The van der Waals surface area contributed by atoms with Crippen molar-refractivity contribution in [1.29, 1.82) is 0 Å². The van der Waals surface area contributed by atoms with Crippen molar-refractivity contribution in [2.75, 3.05) is 0 Å². The molecular formula is C10H8N2O2. The van der Waals surface area contributed by atoms with Crippen LogP contribution in [0.15, 0.2) is 24.7 Å². The van der Waals surface area contributed by atoms with Gasteiger partial charge < -0.3 is 9.47 Å². The third kappa shape index (κ3) is 0.937. The molecule has 0 bridgehead atoms. The molecule has 70 valence electrons. The van der Waals surface area contributed by atoms with Crippen molar-refractivity contribution in [2.24, 2.45) is 0 Å². The Hall–Kier alpha value is -1.84. The second-order valence-corrected chi connectivity index (χ2v) is 3.15. The van der Waals surface area contributed by atoms with E-state index in [9.17, 15) is 0 Å². The van der Waals surface area contributed by atoms with Gasteiger partial charge in [-0.3, -0.25) is 0 Å². The Bertz CT molecular complexity index is 498. The molecule has 1 unspecified atom stereocenters. The van der Waals surface area contributed by atoms with E-state index in [1.165, 1.54) is 6.33 Å². The smallest absolute Gasteiger partial charge is 0.238 e. The number of rotatable bonds is 0. The maximum Gasteiger partial charge on any atom is 0.238 e. The van der Waals surface area contributed by atoms with Gasteiger partial charge in [-0.05, 0) is 12.1 Å². The lowest BCUT2D eigenvalue weighted by Gasteiger charge is -2.01. The van der Waals surface area contributed by atoms with Crippen LogP contribution >= 0.6 is 0 Å². The average Bonchev–Trinajstić information content (AvgIpc) is 2.59. The Kier molecular flexibility index (Phi) is 1.39. The summed E-state index contributed by atoms with van der Waals surface area (Å²) in [7, 11) is 0. The topological polar surface area (TPSA) is 44.2 Å². The van der Waals surface area contributed by atoms with Crippen molar-refractivity contribution in [3.63, 3.8) is 0 Å². The zero-order valence-electron chi connectivity index (χ0n) is 7.60. The molecule has 1 atom stereocenters. The molecule has 1 aliphatic heterocycles. The summed E-state index contributed by atoms with van der Waals surface area (Å²) in [5, 5.41) is 0.898. The molecule has 1 aromatic carbocycles. The van der Waals surface area contributed by atoms with Crippen LogP contribution in [0.4, 0.5) is 0 Å². The molecule has 3 rings (SSSR count). The number of hydrogen-bond acceptors (Lipinski definition) is 4. The van der Waals surface area contributed by atoms with Gasteiger partial charge in [0.2, 0.25) is 6.29 Å². The minimum Gasteiger partial charge on any atom is -0.451 e. The highest BCUT2D eigenvalue weighted by atomic mass is 16.7. The van der Waals surface area contributed by atoms with Crippen LogP contribution in [-0.2, 0) is 0 Å². The molecule has 1 aliphatic rings. The molecule has 4 nitrogen and oxygen atoms in total. The summed E-state index contributed by atoms with van der Waals surface area (Å²) in [6.45, 7) is 1.86. The highest BCUT2D eigenvalue weighted by molar-refractivity contribution is 5.87. The van der Waals surface area contributed by atoms with Crippen LogP contribution in [0.1, 0.15) is 6.92 Å². The second-order valence-electron chi connectivity index (χ2n) is 3.15. The number of ether oxygens (including phenoxy) is 2. The Labute approximate surface area is 80.5 Å². The molecule has 0 spiro atoms. The average molecular weight is 188 g/mol. The van der Waals surface area contributed by atoms with Gasteiger partial charge >= 0.3 is 0 Å². The largest absolute Gasteiger partial charge is 0.451 e. The number of fused-ring (bicyclic) bond motifs is 3. The van der Waals surface area contributed by atoms with E-state index in [1.54, 1.807) is 6.20 Å². The third-order valence-electron chi connectivity index (χ3n) is 2.18. The standard InChI is InChI=1S/C10H8N2O2/c1-6-13-9-3-2-8-7(10(9)14-6)4-11-5-12-8/h2-6H,1H3. The minimum absolute atomic E-state index is 0.226. The summed E-state index contributed by atoms with van der Waals surface area (Å²) in [6, 6.07) is 3.77. The Morgan fingerprint density at radius 1 is 1.29 bits per heavy atom. The highest BCUT2D eigenvalue weighted by Crippen LogP contribution is 2.39. The number of hydrogen-bond donors (Lipinski definition) is 0. The van der Waals surface area contributed by atoms with E-state index in [2.05, 4.69) is 9.97 Å². The first-order chi connectivity index (χ1) is 6.84. The van der Waals surface area contributed by atoms with Gasteiger partial charge in [0.25, 0.3) is 0 Å². The van der Waals surface area contributed by atoms with E-state index in [4.69, 9.17) is 9.47 Å². The number of nitrogens with zero attached hydrogens (tertiary/aromatic N) is 2. The predicted molar refractivity (Wildman–Crippen MR) is 50.3 cm³/mol. The van der Waals surface area contributed by atoms with E-state index < -0.39 is 0 Å². The minimum atomic E-state index is -0.226. The fourth-order valence-electron chi connectivity index (χ4n) is 1.59. The number of aromatic nitrogens is 2. The fourth-order valence-corrected chi connectivity index (χ4v) is 1.59. The first-order valence-electron chi connectivity index (χ1n) is 4.40. The molecule has 0 radical (unpaired) electrons. The van der Waals surface area contributed by atoms with Crippen LogP contribution in [0.5, 0.6) is 11.5 Å². The zero-order valence-corrected chi connectivity index (χ0v) is 7.60. The van der Waals surface area contributed by atoms with Crippen molar-refractivity contribution in [2.45, 2.75) is 13.2 Å². The number of benzene rings is 1. The maximum atomic E-state index is 5.52. The van der Waals surface area contributed by atoms with E-state index in [1.807, 2.05) is 19.1 Å². The highest BCUT2D eigenvalue weighted by Gasteiger charge is 2.22. The normalized spacial score (nSPS) is 18.8. The summed E-state index contributed by atoms with van der Waals surface area (Å²) < 4.78 is 11.0. The molecule has 2 aromatic rings. The molecular weight excluding hydrogens is 180 g/mol. The molecule has 0 saturated carbocycles. The van der Waals surface area contributed by atoms with E-state index >= 15 is 0 Å². The van der Waals surface area contributed by atoms with Crippen molar-refractivity contribution in [3.8, 4) is 11.5 Å². The summed E-state index contributed by atoms with van der Waals surface area (Å²) in [4.78, 5) is 8.11. The van der Waals surface area contributed by atoms with Gasteiger partial charge in [-0.15, -0.1) is 0 Å². The van der Waals surface area contributed by atoms with Gasteiger partial charge in [0.15, 0.2) is 11.5 Å². The molecule has 4 heteroatoms. The van der Waals surface area contributed by atoms with Gasteiger partial charge in [-0.25, -0.2) is 9.97 Å². The lowest BCUT2D eigenvalue weighted by Crippen LogP contribution is -2.11. The Balaban J connectivity index is 2.33. The van der Waals surface area contributed by atoms with Crippen LogP contribution in [0, 0.1) is 0 Å². The zero-order chi connectivity index (χ0) is 9.54. The lowest BCUT2D eigenvalue weighted by atomic mass is 10.2. The first kappa shape index (κ1) is 7.55. The van der Waals surface area contributed by atoms with Gasteiger partial charge in [0, 0.05) is 13.1 Å². The van der Waals surface area contributed by atoms with Crippen LogP contribution < -0.4 is 9.47 Å². The quantitative estimate of drug-likeness (QED) is 0.631. The lowest BCUT2D eigenvalue weighted by molar-refractivity contribution is 0.0685. The first-order valence-corrected chi connectivity index (χ1v) is 4.40. The van der Waals surface area contributed by atoms with Crippen molar-refractivity contribution in [3.05, 3.63) is 24.7 Å². The van der Waals surface area contributed by atoms with E-state index in [0.717, 1.165) is 22.4 Å². The maximum absolute atomic E-state index is 5.52. The third-order valence-corrected chi connectivity index (χ3v) is 2.18. The van der Waals surface area contributed by atoms with Crippen LogP contribution in [-0.4, -0.2) is 16.3 Å². The van der Waals surface area contributed by atoms with Gasteiger partial charge in [0.05, 0.1) is 10.9 Å². The van der Waals surface area contributed by atoms with Crippen molar-refractivity contribution >= 4 is 10.9 Å².